The summed E-state index contributed by atoms with van der Waals surface area (Å²) in [4.78, 5) is 0. The lowest BCUT2D eigenvalue weighted by atomic mass is 10.1. The van der Waals surface area contributed by atoms with Crippen molar-refractivity contribution in [2.75, 3.05) is 12.4 Å². The van der Waals surface area contributed by atoms with Gasteiger partial charge < -0.3 is 10.6 Å². The fraction of sp³-hybridized carbons (Fsp3) is 0.125. The summed E-state index contributed by atoms with van der Waals surface area (Å²) in [6, 6.07) is 12.1. The molecular weight excluding hydrogens is 355 g/mol. The van der Waals surface area contributed by atoms with E-state index in [2.05, 4.69) is 26.6 Å². The lowest BCUT2D eigenvalue weighted by Gasteiger charge is -2.12. The van der Waals surface area contributed by atoms with Crippen LogP contribution in [0.3, 0.4) is 0 Å². The Morgan fingerprint density at radius 1 is 1.10 bits per heavy atom. The Balaban J connectivity index is 2.35. The lowest BCUT2D eigenvalue weighted by molar-refractivity contribution is 0.628. The zero-order chi connectivity index (χ0) is 15.4. The molecule has 0 unspecified atom stereocenters. The minimum absolute atomic E-state index is 0.300. The fourth-order valence-corrected chi connectivity index (χ4v) is 2.57. The minimum Gasteiger partial charge on any atom is -0.387 e. The van der Waals surface area contributed by atoms with E-state index in [1.807, 2.05) is 25.1 Å². The number of hydrogen-bond acceptors (Lipinski definition) is 2. The van der Waals surface area contributed by atoms with Crippen LogP contribution in [0.15, 0.2) is 46.9 Å². The molecule has 2 N–H and O–H groups in total. The summed E-state index contributed by atoms with van der Waals surface area (Å²) in [5, 5.41) is 6.89. The molecule has 0 fully saturated rings. The van der Waals surface area contributed by atoms with Crippen molar-refractivity contribution in [1.29, 1.82) is 0 Å². The van der Waals surface area contributed by atoms with Crippen LogP contribution >= 0.6 is 27.5 Å². The van der Waals surface area contributed by atoms with Crippen LogP contribution in [0, 0.1) is 5.82 Å². The topological polar surface area (TPSA) is 24.1 Å². The van der Waals surface area contributed by atoms with Crippen LogP contribution < -0.4 is 10.6 Å². The van der Waals surface area contributed by atoms with Crippen LogP contribution in [0.5, 0.6) is 0 Å². The Hall–Kier alpha value is -1.52. The van der Waals surface area contributed by atoms with Crippen LogP contribution in [0.25, 0.3) is 5.70 Å². The Morgan fingerprint density at radius 3 is 2.33 bits per heavy atom. The standard InChI is InChI=1S/C16H15BrClFN2/c1-10(17)16(20-2)11-7-13(19)9-15(8-11)21-14-5-3-12(18)4-6-14/h3-9,20-21H,1-2H3/b16-10+. The van der Waals surface area contributed by atoms with Gasteiger partial charge in [0.15, 0.2) is 0 Å². The van der Waals surface area contributed by atoms with Crippen LogP contribution in [0.4, 0.5) is 15.8 Å². The molecule has 0 aliphatic heterocycles. The van der Waals surface area contributed by atoms with Crippen LogP contribution in [0.1, 0.15) is 12.5 Å². The van der Waals surface area contributed by atoms with E-state index in [1.165, 1.54) is 12.1 Å². The van der Waals surface area contributed by atoms with Crippen LogP contribution in [-0.4, -0.2) is 7.05 Å². The van der Waals surface area contributed by atoms with Gasteiger partial charge in [0, 0.05) is 33.5 Å². The van der Waals surface area contributed by atoms with Gasteiger partial charge in [-0.05, 0) is 49.4 Å². The summed E-state index contributed by atoms with van der Waals surface area (Å²) in [5.74, 6) is -0.300. The summed E-state index contributed by atoms with van der Waals surface area (Å²) in [6.07, 6.45) is 0. The minimum atomic E-state index is -0.300. The number of nitrogens with one attached hydrogen (secondary N) is 2. The molecule has 2 nitrogen and oxygen atoms in total. The van der Waals surface area contributed by atoms with Gasteiger partial charge in [-0.25, -0.2) is 4.39 Å². The molecule has 5 heteroatoms. The van der Waals surface area contributed by atoms with Crippen molar-refractivity contribution in [2.24, 2.45) is 0 Å². The second-order valence-electron chi connectivity index (χ2n) is 4.52. The van der Waals surface area contributed by atoms with E-state index in [1.54, 1.807) is 19.2 Å². The second-order valence-corrected chi connectivity index (χ2v) is 6.14. The Kier molecular flexibility index (Phi) is 5.26. The maximum absolute atomic E-state index is 13.8. The zero-order valence-corrected chi connectivity index (χ0v) is 14.0. The number of allylic oxidation sites excluding steroid dienone is 1. The first kappa shape index (κ1) is 15.9. The van der Waals surface area contributed by atoms with Gasteiger partial charge in [0.2, 0.25) is 0 Å². The predicted octanol–water partition coefficient (Wildman–Crippen LogP) is 5.53. The quantitative estimate of drug-likeness (QED) is 0.741. The maximum Gasteiger partial charge on any atom is 0.125 e. The summed E-state index contributed by atoms with van der Waals surface area (Å²) >= 11 is 9.27. The third-order valence-corrected chi connectivity index (χ3v) is 3.56. The number of anilines is 2. The monoisotopic (exact) mass is 368 g/mol. The lowest BCUT2D eigenvalue weighted by Crippen LogP contribution is -2.06. The molecule has 0 aliphatic rings. The molecule has 0 saturated carbocycles. The van der Waals surface area contributed by atoms with Crippen molar-refractivity contribution in [2.45, 2.75) is 6.92 Å². The highest BCUT2D eigenvalue weighted by Gasteiger charge is 2.07. The number of halogens is 3. The Labute approximate surface area is 137 Å². The number of hydrogen-bond donors (Lipinski definition) is 2. The van der Waals surface area contributed by atoms with E-state index in [9.17, 15) is 4.39 Å². The second kappa shape index (κ2) is 6.96. The average molecular weight is 370 g/mol. The van der Waals surface area contributed by atoms with Crippen molar-refractivity contribution in [1.82, 2.24) is 5.32 Å². The molecule has 21 heavy (non-hydrogen) atoms. The van der Waals surface area contributed by atoms with Crippen molar-refractivity contribution in [3.8, 4) is 0 Å². The van der Waals surface area contributed by atoms with Crippen molar-refractivity contribution < 1.29 is 4.39 Å². The molecule has 0 radical (unpaired) electrons. The third-order valence-electron chi connectivity index (χ3n) is 2.91. The summed E-state index contributed by atoms with van der Waals surface area (Å²) in [7, 11) is 1.80. The highest BCUT2D eigenvalue weighted by molar-refractivity contribution is 9.11. The zero-order valence-electron chi connectivity index (χ0n) is 11.7. The number of rotatable bonds is 4. The van der Waals surface area contributed by atoms with Crippen molar-refractivity contribution in [3.05, 3.63) is 63.4 Å². The summed E-state index contributed by atoms with van der Waals surface area (Å²) in [5.41, 5.74) is 3.13. The van der Waals surface area contributed by atoms with Crippen LogP contribution in [-0.2, 0) is 0 Å². The van der Waals surface area contributed by atoms with Gasteiger partial charge in [-0.3, -0.25) is 0 Å². The van der Waals surface area contributed by atoms with Gasteiger partial charge >= 0.3 is 0 Å². The van der Waals surface area contributed by atoms with E-state index in [0.717, 1.165) is 21.4 Å². The fourth-order valence-electron chi connectivity index (χ4n) is 2.02. The largest absolute Gasteiger partial charge is 0.387 e. The van der Waals surface area contributed by atoms with E-state index in [4.69, 9.17) is 11.6 Å². The van der Waals surface area contributed by atoms with Gasteiger partial charge in [-0.15, -0.1) is 0 Å². The van der Waals surface area contributed by atoms with Crippen molar-refractivity contribution in [3.63, 3.8) is 0 Å². The average Bonchev–Trinajstić information content (AvgIpc) is 2.41. The smallest absolute Gasteiger partial charge is 0.125 e. The Bertz CT molecular complexity index is 664. The molecule has 2 rings (SSSR count). The third kappa shape index (κ3) is 4.22. The van der Waals surface area contributed by atoms with Gasteiger partial charge in [0.1, 0.15) is 5.82 Å². The van der Waals surface area contributed by atoms with E-state index in [-0.39, 0.29) is 5.82 Å². The first-order chi connectivity index (χ1) is 9.99. The SMILES string of the molecule is CN/C(=C(\C)Br)c1cc(F)cc(Nc2ccc(Cl)cc2)c1. The van der Waals surface area contributed by atoms with Crippen molar-refractivity contribution >= 4 is 44.6 Å². The molecule has 0 aliphatic carbocycles. The van der Waals surface area contributed by atoms with Gasteiger partial charge in [0.25, 0.3) is 0 Å². The highest BCUT2D eigenvalue weighted by atomic mass is 79.9. The molecule has 2 aromatic rings. The van der Waals surface area contributed by atoms with E-state index in [0.29, 0.717) is 10.7 Å². The first-order valence-electron chi connectivity index (χ1n) is 6.37. The summed E-state index contributed by atoms with van der Waals surface area (Å²) in [6.45, 7) is 1.91. The molecule has 0 amide bonds. The molecule has 0 spiro atoms. The number of benzene rings is 2. The predicted molar refractivity (Wildman–Crippen MR) is 91.7 cm³/mol. The molecule has 0 bridgehead atoms. The van der Waals surface area contributed by atoms with Gasteiger partial charge in [-0.1, -0.05) is 27.5 Å². The molecule has 110 valence electrons. The highest BCUT2D eigenvalue weighted by Crippen LogP contribution is 2.26. The van der Waals surface area contributed by atoms with Crippen LogP contribution in [0.2, 0.25) is 5.02 Å². The maximum atomic E-state index is 13.8. The van der Waals surface area contributed by atoms with Gasteiger partial charge in [-0.2, -0.15) is 0 Å². The first-order valence-corrected chi connectivity index (χ1v) is 7.54. The summed E-state index contributed by atoms with van der Waals surface area (Å²) < 4.78 is 14.7. The normalized spacial score (nSPS) is 11.9. The molecule has 0 heterocycles. The molecule has 0 saturated heterocycles. The Morgan fingerprint density at radius 2 is 1.76 bits per heavy atom. The molecular formula is C16H15BrClFN2. The van der Waals surface area contributed by atoms with E-state index < -0.39 is 0 Å². The molecule has 0 aromatic heterocycles. The molecule has 2 aromatic carbocycles. The molecule has 0 atom stereocenters. The van der Waals surface area contributed by atoms with Gasteiger partial charge in [0.05, 0.1) is 5.70 Å². The van der Waals surface area contributed by atoms with E-state index >= 15 is 0 Å².